The predicted octanol–water partition coefficient (Wildman–Crippen LogP) is 4.84. The molecule has 30 heavy (non-hydrogen) atoms. The Morgan fingerprint density at radius 3 is 2.77 bits per heavy atom. The fourth-order valence-electron chi connectivity index (χ4n) is 2.85. The quantitative estimate of drug-likeness (QED) is 0.477. The third kappa shape index (κ3) is 4.35. The maximum absolute atomic E-state index is 12.8. The zero-order valence-corrected chi connectivity index (χ0v) is 16.4. The summed E-state index contributed by atoms with van der Waals surface area (Å²) in [5, 5.41) is 6.92. The Morgan fingerprint density at radius 1 is 1.07 bits per heavy atom. The van der Waals surface area contributed by atoms with Crippen molar-refractivity contribution in [2.24, 2.45) is 0 Å². The first-order valence-corrected chi connectivity index (χ1v) is 9.63. The standard InChI is InChI=1S/C23H20N4O3/c1-2-14-29-17-9-7-8-16(15-17)22(28)25-19-11-4-3-10-18(19)23-26-21(27-30-23)20-12-5-6-13-24-20/h3-13,15H,2,14H2,1H3,(H,25,28). The molecule has 7 nitrogen and oxygen atoms in total. The number of pyridine rings is 1. The van der Waals surface area contributed by atoms with E-state index in [2.05, 4.69) is 20.4 Å². The van der Waals surface area contributed by atoms with Crippen LogP contribution in [0, 0.1) is 0 Å². The van der Waals surface area contributed by atoms with E-state index in [1.165, 1.54) is 0 Å². The zero-order valence-electron chi connectivity index (χ0n) is 16.4. The molecule has 0 spiro atoms. The van der Waals surface area contributed by atoms with Crippen LogP contribution in [-0.2, 0) is 0 Å². The first kappa shape index (κ1) is 19.3. The highest BCUT2D eigenvalue weighted by atomic mass is 16.5. The lowest BCUT2D eigenvalue weighted by molar-refractivity contribution is 0.102. The Labute approximate surface area is 173 Å². The lowest BCUT2D eigenvalue weighted by atomic mass is 10.1. The topological polar surface area (TPSA) is 90.1 Å². The summed E-state index contributed by atoms with van der Waals surface area (Å²) in [5.74, 6) is 1.09. The van der Waals surface area contributed by atoms with E-state index in [4.69, 9.17) is 9.26 Å². The molecule has 0 aliphatic carbocycles. The minimum atomic E-state index is -0.256. The van der Waals surface area contributed by atoms with Crippen LogP contribution in [0.5, 0.6) is 5.75 Å². The highest BCUT2D eigenvalue weighted by Crippen LogP contribution is 2.28. The Kier molecular flexibility index (Phi) is 5.80. The van der Waals surface area contributed by atoms with E-state index >= 15 is 0 Å². The molecule has 0 atom stereocenters. The largest absolute Gasteiger partial charge is 0.494 e. The summed E-state index contributed by atoms with van der Waals surface area (Å²) < 4.78 is 11.0. The number of carbonyl (C=O) groups is 1. The molecule has 0 radical (unpaired) electrons. The molecular formula is C23H20N4O3. The van der Waals surface area contributed by atoms with Crippen LogP contribution in [0.1, 0.15) is 23.7 Å². The van der Waals surface area contributed by atoms with Gasteiger partial charge in [-0.1, -0.05) is 36.3 Å². The number of hydrogen-bond donors (Lipinski definition) is 1. The summed E-state index contributed by atoms with van der Waals surface area (Å²) in [7, 11) is 0. The van der Waals surface area contributed by atoms with E-state index in [1.807, 2.05) is 43.3 Å². The van der Waals surface area contributed by atoms with Crippen molar-refractivity contribution in [2.45, 2.75) is 13.3 Å². The van der Waals surface area contributed by atoms with Gasteiger partial charge >= 0.3 is 0 Å². The van der Waals surface area contributed by atoms with Gasteiger partial charge in [0.05, 0.1) is 17.9 Å². The van der Waals surface area contributed by atoms with Gasteiger partial charge in [0, 0.05) is 11.8 Å². The minimum absolute atomic E-state index is 0.256. The van der Waals surface area contributed by atoms with Crippen molar-refractivity contribution in [3.05, 3.63) is 78.5 Å². The number of para-hydroxylation sites is 1. The van der Waals surface area contributed by atoms with Crippen LogP contribution >= 0.6 is 0 Å². The third-order valence-electron chi connectivity index (χ3n) is 4.29. The lowest BCUT2D eigenvalue weighted by Gasteiger charge is -2.10. The first-order chi connectivity index (χ1) is 14.7. The summed E-state index contributed by atoms with van der Waals surface area (Å²) in [4.78, 5) is 21.5. The highest BCUT2D eigenvalue weighted by Gasteiger charge is 2.16. The fourth-order valence-corrected chi connectivity index (χ4v) is 2.85. The van der Waals surface area contributed by atoms with E-state index in [0.717, 1.165) is 6.42 Å². The molecule has 0 fully saturated rings. The van der Waals surface area contributed by atoms with Crippen molar-refractivity contribution in [2.75, 3.05) is 11.9 Å². The van der Waals surface area contributed by atoms with Crippen LogP contribution in [0.15, 0.2) is 77.4 Å². The molecule has 1 amide bonds. The molecule has 2 aromatic carbocycles. The van der Waals surface area contributed by atoms with Gasteiger partial charge in [0.2, 0.25) is 5.82 Å². The molecule has 7 heteroatoms. The molecule has 1 N–H and O–H groups in total. The number of carbonyl (C=O) groups excluding carboxylic acids is 1. The zero-order chi connectivity index (χ0) is 20.8. The number of nitrogens with one attached hydrogen (secondary N) is 1. The van der Waals surface area contributed by atoms with Crippen molar-refractivity contribution in [1.82, 2.24) is 15.1 Å². The normalized spacial score (nSPS) is 10.6. The van der Waals surface area contributed by atoms with Crippen LogP contribution < -0.4 is 10.1 Å². The molecular weight excluding hydrogens is 380 g/mol. The molecule has 0 bridgehead atoms. The number of rotatable bonds is 7. The van der Waals surface area contributed by atoms with Gasteiger partial charge in [-0.05, 0) is 48.9 Å². The molecule has 0 aliphatic rings. The van der Waals surface area contributed by atoms with E-state index in [0.29, 0.717) is 46.6 Å². The monoisotopic (exact) mass is 400 g/mol. The lowest BCUT2D eigenvalue weighted by Crippen LogP contribution is -2.12. The Morgan fingerprint density at radius 2 is 1.93 bits per heavy atom. The first-order valence-electron chi connectivity index (χ1n) is 9.63. The van der Waals surface area contributed by atoms with Gasteiger partial charge in [-0.3, -0.25) is 9.78 Å². The Bertz CT molecular complexity index is 1140. The van der Waals surface area contributed by atoms with E-state index in [1.54, 1.807) is 36.5 Å². The van der Waals surface area contributed by atoms with E-state index < -0.39 is 0 Å². The van der Waals surface area contributed by atoms with Crippen LogP contribution in [0.4, 0.5) is 5.69 Å². The molecule has 4 aromatic rings. The van der Waals surface area contributed by atoms with Gasteiger partial charge in [0.15, 0.2) is 0 Å². The molecule has 2 aromatic heterocycles. The second-order valence-corrected chi connectivity index (χ2v) is 6.51. The van der Waals surface area contributed by atoms with Crippen molar-refractivity contribution in [3.63, 3.8) is 0 Å². The molecule has 0 saturated heterocycles. The number of nitrogens with zero attached hydrogens (tertiary/aromatic N) is 3. The van der Waals surface area contributed by atoms with Gasteiger partial charge in [0.1, 0.15) is 11.4 Å². The second kappa shape index (κ2) is 9.00. The second-order valence-electron chi connectivity index (χ2n) is 6.51. The maximum atomic E-state index is 12.8. The Balaban J connectivity index is 1.57. The Hall–Kier alpha value is -4.00. The molecule has 4 rings (SSSR count). The number of anilines is 1. The minimum Gasteiger partial charge on any atom is -0.494 e. The number of hydrogen-bond acceptors (Lipinski definition) is 6. The molecule has 0 saturated carbocycles. The average Bonchev–Trinajstić information content (AvgIpc) is 3.29. The highest BCUT2D eigenvalue weighted by molar-refractivity contribution is 6.06. The van der Waals surface area contributed by atoms with Crippen LogP contribution in [-0.4, -0.2) is 27.6 Å². The number of benzene rings is 2. The number of aromatic nitrogens is 3. The van der Waals surface area contributed by atoms with Gasteiger partial charge in [0.25, 0.3) is 11.8 Å². The summed E-state index contributed by atoms with van der Waals surface area (Å²) in [5.41, 5.74) is 2.30. The van der Waals surface area contributed by atoms with Crippen LogP contribution in [0.25, 0.3) is 23.0 Å². The van der Waals surface area contributed by atoms with Crippen molar-refractivity contribution in [1.29, 1.82) is 0 Å². The van der Waals surface area contributed by atoms with Crippen LogP contribution in [0.2, 0.25) is 0 Å². The maximum Gasteiger partial charge on any atom is 0.260 e. The fraction of sp³-hybridized carbons (Fsp3) is 0.130. The molecule has 0 unspecified atom stereocenters. The van der Waals surface area contributed by atoms with Gasteiger partial charge < -0.3 is 14.6 Å². The van der Waals surface area contributed by atoms with E-state index in [-0.39, 0.29) is 5.91 Å². The summed E-state index contributed by atoms with van der Waals surface area (Å²) in [6, 6.07) is 19.8. The summed E-state index contributed by atoms with van der Waals surface area (Å²) >= 11 is 0. The van der Waals surface area contributed by atoms with E-state index in [9.17, 15) is 4.79 Å². The molecule has 150 valence electrons. The molecule has 2 heterocycles. The number of amides is 1. The number of ether oxygens (including phenoxy) is 1. The van der Waals surface area contributed by atoms with Crippen LogP contribution in [0.3, 0.4) is 0 Å². The van der Waals surface area contributed by atoms with Gasteiger partial charge in [-0.2, -0.15) is 4.98 Å². The van der Waals surface area contributed by atoms with Crippen molar-refractivity contribution in [3.8, 4) is 28.7 Å². The third-order valence-corrected chi connectivity index (χ3v) is 4.29. The smallest absolute Gasteiger partial charge is 0.260 e. The van der Waals surface area contributed by atoms with Crippen molar-refractivity contribution >= 4 is 11.6 Å². The average molecular weight is 400 g/mol. The summed E-state index contributed by atoms with van der Waals surface area (Å²) in [6.07, 6.45) is 2.56. The molecule has 0 aliphatic heterocycles. The van der Waals surface area contributed by atoms with Gasteiger partial charge in [-0.15, -0.1) is 0 Å². The SMILES string of the molecule is CCCOc1cccc(C(=O)Nc2ccccc2-c2nc(-c3ccccn3)no2)c1. The predicted molar refractivity (Wildman–Crippen MR) is 113 cm³/mol. The van der Waals surface area contributed by atoms with Crippen molar-refractivity contribution < 1.29 is 14.1 Å². The van der Waals surface area contributed by atoms with Gasteiger partial charge in [-0.25, -0.2) is 0 Å². The summed E-state index contributed by atoms with van der Waals surface area (Å²) in [6.45, 7) is 2.63.